The second-order valence-electron chi connectivity index (χ2n) is 7.49. The van der Waals surface area contributed by atoms with Crippen molar-refractivity contribution in [3.05, 3.63) is 80.1 Å². The van der Waals surface area contributed by atoms with E-state index in [9.17, 15) is 19.5 Å². The maximum absolute atomic E-state index is 12.8. The van der Waals surface area contributed by atoms with Gasteiger partial charge in [-0.3, -0.25) is 14.4 Å². The van der Waals surface area contributed by atoms with Crippen LogP contribution in [-0.4, -0.2) is 52.4 Å². The van der Waals surface area contributed by atoms with Crippen molar-refractivity contribution < 1.29 is 20.1 Å². The van der Waals surface area contributed by atoms with Crippen molar-refractivity contribution in [1.82, 2.24) is 4.90 Å². The van der Waals surface area contributed by atoms with Gasteiger partial charge in [-0.25, -0.2) is 0 Å². The van der Waals surface area contributed by atoms with Crippen molar-refractivity contribution in [3.63, 3.8) is 0 Å². The third-order valence-electron chi connectivity index (χ3n) is 5.39. The summed E-state index contributed by atoms with van der Waals surface area (Å²) in [7, 11) is 0. The quantitative estimate of drug-likeness (QED) is 0.218. The highest BCUT2D eigenvalue weighted by atomic mass is 16.3. The maximum Gasteiger partial charge on any atom is 0.257 e. The fraction of sp³-hybridized carbons (Fsp3) is 0.292. The molecule has 1 amide bonds. The molecule has 3 aromatic carbocycles. The summed E-state index contributed by atoms with van der Waals surface area (Å²) in [5.41, 5.74) is -0.273. The molecule has 9 nitrogen and oxygen atoms in total. The molecule has 0 unspecified atom stereocenters. The fourth-order valence-corrected chi connectivity index (χ4v) is 3.61. The van der Waals surface area contributed by atoms with Gasteiger partial charge in [-0.1, -0.05) is 43.3 Å². The van der Waals surface area contributed by atoms with Gasteiger partial charge in [-0.2, -0.15) is 0 Å². The number of rotatable bonds is 11. The van der Waals surface area contributed by atoms with E-state index in [0.717, 1.165) is 5.56 Å². The van der Waals surface area contributed by atoms with E-state index in [1.165, 1.54) is 23.1 Å². The standard InChI is InChI=1S/C24H27N3O6/c1-2-17(15-7-4-3-5-8-15)25-19-20(23(32)22(19)31)26-18-10-6-9-16(21(18)30)24(33)27(11-13-28)12-14-29/h3-10,17,25-26,28-30H,2,11-14H2,1H3/t17-/m1/s1. The second-order valence-corrected chi connectivity index (χ2v) is 7.49. The first kappa shape index (κ1) is 24.0. The molecule has 3 rings (SSSR count). The molecular weight excluding hydrogens is 426 g/mol. The minimum Gasteiger partial charge on any atom is -0.505 e. The van der Waals surface area contributed by atoms with Crippen molar-refractivity contribution >= 4 is 23.0 Å². The first-order valence-electron chi connectivity index (χ1n) is 10.7. The fourth-order valence-electron chi connectivity index (χ4n) is 3.61. The van der Waals surface area contributed by atoms with E-state index in [1.807, 2.05) is 37.3 Å². The number of phenols is 1. The molecule has 0 heterocycles. The Kier molecular flexibility index (Phi) is 7.81. The van der Waals surface area contributed by atoms with Crippen LogP contribution in [0, 0.1) is 0 Å². The summed E-state index contributed by atoms with van der Waals surface area (Å²) in [5, 5.41) is 34.9. The summed E-state index contributed by atoms with van der Waals surface area (Å²) in [6, 6.07) is 13.7. The average molecular weight is 453 g/mol. The number of phenolic OH excluding ortho intramolecular Hbond substituents is 1. The lowest BCUT2D eigenvalue weighted by molar-refractivity contribution is 0.0682. The van der Waals surface area contributed by atoms with Crippen LogP contribution in [0.2, 0.25) is 0 Å². The number of aliphatic hydroxyl groups is 2. The Balaban J connectivity index is 1.87. The molecular formula is C24H27N3O6. The highest BCUT2D eigenvalue weighted by molar-refractivity contribution is 5.99. The number of aliphatic hydroxyl groups excluding tert-OH is 2. The number of para-hydroxylation sites is 1. The summed E-state index contributed by atoms with van der Waals surface area (Å²) in [5.74, 6) is -0.991. The number of nitrogens with one attached hydrogen (secondary N) is 2. The topological polar surface area (TPSA) is 139 Å². The van der Waals surface area contributed by atoms with Crippen LogP contribution in [0.15, 0.2) is 58.1 Å². The normalized spacial score (nSPS) is 11.8. The smallest absolute Gasteiger partial charge is 0.257 e. The highest BCUT2D eigenvalue weighted by Gasteiger charge is 2.26. The van der Waals surface area contributed by atoms with E-state index in [1.54, 1.807) is 0 Å². The zero-order valence-electron chi connectivity index (χ0n) is 18.2. The lowest BCUT2D eigenvalue weighted by atomic mass is 10.0. The first-order valence-corrected chi connectivity index (χ1v) is 10.7. The molecule has 33 heavy (non-hydrogen) atoms. The molecule has 0 bridgehead atoms. The zero-order chi connectivity index (χ0) is 24.0. The van der Waals surface area contributed by atoms with Gasteiger partial charge in [-0.05, 0) is 24.1 Å². The van der Waals surface area contributed by atoms with Crippen LogP contribution in [0.3, 0.4) is 0 Å². The Morgan fingerprint density at radius 3 is 2.18 bits per heavy atom. The van der Waals surface area contributed by atoms with E-state index in [-0.39, 0.29) is 55.0 Å². The average Bonchev–Trinajstić information content (AvgIpc) is 2.84. The lowest BCUT2D eigenvalue weighted by Gasteiger charge is -2.23. The predicted molar refractivity (Wildman–Crippen MR) is 126 cm³/mol. The SMILES string of the molecule is CC[C@@H](Nc1c(Nc2cccc(C(=O)N(CCO)CCO)c2O)c(=O)c1=O)c1ccccc1. The molecule has 0 radical (unpaired) electrons. The van der Waals surface area contributed by atoms with Crippen LogP contribution in [-0.2, 0) is 0 Å². The van der Waals surface area contributed by atoms with E-state index >= 15 is 0 Å². The molecule has 0 saturated heterocycles. The van der Waals surface area contributed by atoms with Crippen LogP contribution in [0.5, 0.6) is 5.75 Å². The number of carbonyl (C=O) groups excluding carboxylic acids is 1. The molecule has 0 aliphatic carbocycles. The number of benzene rings is 2. The third-order valence-corrected chi connectivity index (χ3v) is 5.39. The lowest BCUT2D eigenvalue weighted by Crippen LogP contribution is -2.37. The Morgan fingerprint density at radius 1 is 0.939 bits per heavy atom. The first-order chi connectivity index (χ1) is 15.9. The number of carbonyl (C=O) groups is 1. The molecule has 0 aliphatic rings. The summed E-state index contributed by atoms with van der Waals surface area (Å²) in [6.07, 6.45) is 0.670. The molecule has 9 heteroatoms. The van der Waals surface area contributed by atoms with Crippen LogP contribution in [0.25, 0.3) is 0 Å². The number of amides is 1. The van der Waals surface area contributed by atoms with E-state index in [2.05, 4.69) is 10.6 Å². The Bertz CT molecular complexity index is 1170. The molecule has 0 aromatic heterocycles. The zero-order valence-corrected chi connectivity index (χ0v) is 18.2. The number of aromatic hydroxyl groups is 1. The van der Waals surface area contributed by atoms with Crippen LogP contribution >= 0.6 is 0 Å². The van der Waals surface area contributed by atoms with Crippen molar-refractivity contribution in [3.8, 4) is 5.75 Å². The van der Waals surface area contributed by atoms with Crippen LogP contribution in [0.1, 0.15) is 35.3 Å². The van der Waals surface area contributed by atoms with Crippen molar-refractivity contribution in [2.75, 3.05) is 36.9 Å². The van der Waals surface area contributed by atoms with Gasteiger partial charge < -0.3 is 30.9 Å². The second kappa shape index (κ2) is 10.8. The van der Waals surface area contributed by atoms with Gasteiger partial charge in [0, 0.05) is 13.1 Å². The Hall–Kier alpha value is -3.69. The number of nitrogens with zero attached hydrogens (tertiary/aromatic N) is 1. The molecule has 174 valence electrons. The summed E-state index contributed by atoms with van der Waals surface area (Å²) in [6.45, 7) is 1.32. The molecule has 0 saturated carbocycles. The largest absolute Gasteiger partial charge is 0.505 e. The third kappa shape index (κ3) is 5.05. The van der Waals surface area contributed by atoms with E-state index in [0.29, 0.717) is 6.42 Å². The molecule has 0 spiro atoms. The van der Waals surface area contributed by atoms with Gasteiger partial charge in [0.1, 0.15) is 11.4 Å². The number of anilines is 3. The minimum atomic E-state index is -0.723. The molecule has 0 aliphatic heterocycles. The van der Waals surface area contributed by atoms with E-state index < -0.39 is 22.5 Å². The molecule has 0 fully saturated rings. The van der Waals surface area contributed by atoms with Gasteiger partial charge in [0.2, 0.25) is 0 Å². The molecule has 5 N–H and O–H groups in total. The predicted octanol–water partition coefficient (Wildman–Crippen LogP) is 1.72. The Labute approximate surface area is 190 Å². The van der Waals surface area contributed by atoms with Crippen molar-refractivity contribution in [2.45, 2.75) is 19.4 Å². The van der Waals surface area contributed by atoms with Crippen LogP contribution < -0.4 is 21.5 Å². The van der Waals surface area contributed by atoms with Gasteiger partial charge in [0.05, 0.1) is 30.5 Å². The van der Waals surface area contributed by atoms with E-state index in [4.69, 9.17) is 10.2 Å². The number of hydrogen-bond acceptors (Lipinski definition) is 8. The molecule has 3 aromatic rings. The minimum absolute atomic E-state index is 0.0110. The van der Waals surface area contributed by atoms with Gasteiger partial charge in [0.15, 0.2) is 5.75 Å². The highest BCUT2D eigenvalue weighted by Crippen LogP contribution is 2.33. The van der Waals surface area contributed by atoms with Gasteiger partial charge >= 0.3 is 0 Å². The monoisotopic (exact) mass is 453 g/mol. The van der Waals surface area contributed by atoms with Gasteiger partial charge in [-0.15, -0.1) is 0 Å². The summed E-state index contributed by atoms with van der Waals surface area (Å²) >= 11 is 0. The number of hydrogen-bond donors (Lipinski definition) is 5. The Morgan fingerprint density at radius 2 is 1.58 bits per heavy atom. The summed E-state index contributed by atoms with van der Waals surface area (Å²) < 4.78 is 0. The van der Waals surface area contributed by atoms with Crippen molar-refractivity contribution in [2.24, 2.45) is 0 Å². The van der Waals surface area contributed by atoms with Crippen molar-refractivity contribution in [1.29, 1.82) is 0 Å². The van der Waals surface area contributed by atoms with Crippen LogP contribution in [0.4, 0.5) is 17.1 Å². The maximum atomic E-state index is 12.8. The summed E-state index contributed by atoms with van der Waals surface area (Å²) in [4.78, 5) is 38.5. The molecule has 1 atom stereocenters. The van der Waals surface area contributed by atoms with Gasteiger partial charge in [0.25, 0.3) is 16.8 Å².